The number of aliphatic hydroxyl groups excluding tert-OH is 1. The normalized spacial score (nSPS) is 24.2. The fourth-order valence-corrected chi connectivity index (χ4v) is 1.84. The van der Waals surface area contributed by atoms with E-state index in [0.29, 0.717) is 11.9 Å². The van der Waals surface area contributed by atoms with Crippen molar-refractivity contribution < 1.29 is 5.11 Å². The van der Waals surface area contributed by atoms with Gasteiger partial charge in [0.2, 0.25) is 0 Å². The monoisotopic (exact) mass is 192 g/mol. The second-order valence-corrected chi connectivity index (χ2v) is 3.67. The Hall–Kier alpha value is 0.170. The van der Waals surface area contributed by atoms with Gasteiger partial charge < -0.3 is 10.8 Å². The highest BCUT2D eigenvalue weighted by Gasteiger charge is 2.21. The van der Waals surface area contributed by atoms with Gasteiger partial charge >= 0.3 is 0 Å². The van der Waals surface area contributed by atoms with Crippen molar-refractivity contribution in [2.45, 2.75) is 24.9 Å². The summed E-state index contributed by atoms with van der Waals surface area (Å²) in [4.78, 5) is 2.22. The van der Waals surface area contributed by atoms with Crippen LogP contribution in [0, 0.1) is 0 Å². The molecule has 1 atom stereocenters. The molecule has 0 spiro atoms. The zero-order valence-corrected chi connectivity index (χ0v) is 8.00. The number of nitrogens with two attached hydrogens (primary N) is 1. The minimum Gasteiger partial charge on any atom is -0.395 e. The van der Waals surface area contributed by atoms with E-state index in [1.54, 1.807) is 0 Å². The molecule has 4 heteroatoms. The first-order valence-electron chi connectivity index (χ1n) is 4.44. The van der Waals surface area contributed by atoms with Crippen molar-refractivity contribution in [3.05, 3.63) is 0 Å². The van der Waals surface area contributed by atoms with Gasteiger partial charge in [-0.05, 0) is 12.8 Å². The summed E-state index contributed by atoms with van der Waals surface area (Å²) < 4.78 is 0. The molecule has 0 aliphatic carbocycles. The van der Waals surface area contributed by atoms with E-state index in [0.717, 1.165) is 25.9 Å². The fourth-order valence-electron chi connectivity index (χ4n) is 1.55. The Balaban J connectivity index is 2.32. The van der Waals surface area contributed by atoms with E-state index in [4.69, 9.17) is 22.4 Å². The van der Waals surface area contributed by atoms with Crippen molar-refractivity contribution >= 4 is 11.6 Å². The number of nitrogens with zero attached hydrogens (tertiary/aromatic N) is 1. The minimum absolute atomic E-state index is 0.124. The highest BCUT2D eigenvalue weighted by atomic mass is 35.5. The molecule has 3 N–H and O–H groups in total. The smallest absolute Gasteiger partial charge is 0.0598 e. The summed E-state index contributed by atoms with van der Waals surface area (Å²) in [5, 5.41) is 8.99. The van der Waals surface area contributed by atoms with Crippen molar-refractivity contribution in [2.75, 3.05) is 25.6 Å². The molecule has 1 unspecified atom stereocenters. The lowest BCUT2D eigenvalue weighted by Crippen LogP contribution is -2.47. The van der Waals surface area contributed by atoms with Crippen LogP contribution in [0.2, 0.25) is 0 Å². The molecule has 0 amide bonds. The van der Waals surface area contributed by atoms with Crippen LogP contribution in [0.4, 0.5) is 0 Å². The minimum atomic E-state index is 0.124. The van der Waals surface area contributed by atoms with Gasteiger partial charge in [0.05, 0.1) is 6.61 Å². The first-order chi connectivity index (χ1) is 5.77. The van der Waals surface area contributed by atoms with Crippen molar-refractivity contribution in [3.63, 3.8) is 0 Å². The van der Waals surface area contributed by atoms with Crippen molar-refractivity contribution in [1.29, 1.82) is 0 Å². The Bertz CT molecular complexity index is 122. The summed E-state index contributed by atoms with van der Waals surface area (Å²) in [6.45, 7) is 2.09. The molecule has 12 heavy (non-hydrogen) atoms. The van der Waals surface area contributed by atoms with Crippen LogP contribution < -0.4 is 5.73 Å². The van der Waals surface area contributed by atoms with Crippen molar-refractivity contribution in [1.82, 2.24) is 4.90 Å². The molecule has 1 fully saturated rings. The average Bonchev–Trinajstić information content (AvgIpc) is 2.10. The van der Waals surface area contributed by atoms with Crippen LogP contribution in [0.25, 0.3) is 0 Å². The van der Waals surface area contributed by atoms with E-state index in [2.05, 4.69) is 4.90 Å². The van der Waals surface area contributed by atoms with Gasteiger partial charge in [-0.3, -0.25) is 4.90 Å². The summed E-state index contributed by atoms with van der Waals surface area (Å²) in [7, 11) is 0. The molecule has 0 aromatic heterocycles. The van der Waals surface area contributed by atoms with Crippen LogP contribution >= 0.6 is 11.6 Å². The summed E-state index contributed by atoms with van der Waals surface area (Å²) in [5.41, 5.74) is 5.76. The lowest BCUT2D eigenvalue weighted by atomic mass is 10.0. The highest BCUT2D eigenvalue weighted by Crippen LogP contribution is 2.12. The SMILES string of the molecule is NC1CCN(C(CO)CCl)CC1. The first-order valence-corrected chi connectivity index (χ1v) is 4.97. The number of piperidine rings is 1. The summed E-state index contributed by atoms with van der Waals surface area (Å²) in [6.07, 6.45) is 2.04. The maximum absolute atomic E-state index is 8.99. The van der Waals surface area contributed by atoms with Crippen LogP contribution in [0.15, 0.2) is 0 Å². The number of likely N-dealkylation sites (tertiary alicyclic amines) is 1. The van der Waals surface area contributed by atoms with E-state index < -0.39 is 0 Å². The van der Waals surface area contributed by atoms with Gasteiger partial charge in [-0.15, -0.1) is 11.6 Å². The number of aliphatic hydroxyl groups is 1. The number of hydrogen-bond donors (Lipinski definition) is 2. The third kappa shape index (κ3) is 2.59. The first kappa shape index (κ1) is 10.3. The van der Waals surface area contributed by atoms with Gasteiger partial charge in [-0.25, -0.2) is 0 Å². The van der Waals surface area contributed by atoms with Gasteiger partial charge in [0.15, 0.2) is 0 Å². The van der Waals surface area contributed by atoms with E-state index in [9.17, 15) is 0 Å². The lowest BCUT2D eigenvalue weighted by molar-refractivity contribution is 0.111. The average molecular weight is 193 g/mol. The fraction of sp³-hybridized carbons (Fsp3) is 1.00. The maximum Gasteiger partial charge on any atom is 0.0598 e. The molecule has 0 bridgehead atoms. The largest absolute Gasteiger partial charge is 0.395 e. The van der Waals surface area contributed by atoms with Crippen LogP contribution in [-0.4, -0.2) is 47.7 Å². The summed E-state index contributed by atoms with van der Waals surface area (Å²) in [6, 6.07) is 0.468. The van der Waals surface area contributed by atoms with Gasteiger partial charge in [0, 0.05) is 31.1 Å². The Morgan fingerprint density at radius 1 is 1.50 bits per heavy atom. The van der Waals surface area contributed by atoms with E-state index >= 15 is 0 Å². The Kier molecular flexibility index (Phi) is 4.29. The molecular formula is C8H17ClN2O. The van der Waals surface area contributed by atoms with Gasteiger partial charge in [-0.1, -0.05) is 0 Å². The van der Waals surface area contributed by atoms with E-state index in [1.165, 1.54) is 0 Å². The Labute approximate surface area is 78.5 Å². The molecule has 1 aliphatic heterocycles. The van der Waals surface area contributed by atoms with Gasteiger partial charge in [-0.2, -0.15) is 0 Å². The van der Waals surface area contributed by atoms with Crippen molar-refractivity contribution in [2.24, 2.45) is 5.73 Å². The molecule has 3 nitrogen and oxygen atoms in total. The summed E-state index contributed by atoms with van der Waals surface area (Å²) in [5.74, 6) is 0.506. The van der Waals surface area contributed by atoms with E-state index in [-0.39, 0.29) is 12.6 Å². The molecule has 1 rings (SSSR count). The zero-order chi connectivity index (χ0) is 8.97. The van der Waals surface area contributed by atoms with Crippen LogP contribution in [0.1, 0.15) is 12.8 Å². The molecule has 0 radical (unpaired) electrons. The maximum atomic E-state index is 8.99. The zero-order valence-electron chi connectivity index (χ0n) is 7.25. The Morgan fingerprint density at radius 2 is 2.08 bits per heavy atom. The van der Waals surface area contributed by atoms with Crippen molar-refractivity contribution in [3.8, 4) is 0 Å². The molecule has 0 aromatic rings. The van der Waals surface area contributed by atoms with Gasteiger partial charge in [0.1, 0.15) is 0 Å². The van der Waals surface area contributed by atoms with Crippen LogP contribution in [-0.2, 0) is 0 Å². The third-order valence-electron chi connectivity index (χ3n) is 2.48. The van der Waals surface area contributed by atoms with Crippen LogP contribution in [0.5, 0.6) is 0 Å². The Morgan fingerprint density at radius 3 is 2.50 bits per heavy atom. The standard InChI is InChI=1S/C8H17ClN2O/c9-5-8(6-12)11-3-1-7(10)2-4-11/h7-8,12H,1-6,10H2. The number of rotatable bonds is 3. The molecule has 1 heterocycles. The molecule has 72 valence electrons. The molecule has 0 saturated carbocycles. The highest BCUT2D eigenvalue weighted by molar-refractivity contribution is 6.18. The topological polar surface area (TPSA) is 49.5 Å². The predicted molar refractivity (Wildman–Crippen MR) is 50.4 cm³/mol. The van der Waals surface area contributed by atoms with E-state index in [1.807, 2.05) is 0 Å². The summed E-state index contributed by atoms with van der Waals surface area (Å²) >= 11 is 5.70. The lowest BCUT2D eigenvalue weighted by Gasteiger charge is -2.34. The third-order valence-corrected chi connectivity index (χ3v) is 2.84. The predicted octanol–water partition coefficient (Wildman–Crippen LogP) is 0.00920. The van der Waals surface area contributed by atoms with Crippen LogP contribution in [0.3, 0.4) is 0 Å². The molecule has 1 aliphatic rings. The van der Waals surface area contributed by atoms with Gasteiger partial charge in [0.25, 0.3) is 0 Å². The number of hydrogen-bond acceptors (Lipinski definition) is 3. The number of alkyl halides is 1. The quantitative estimate of drug-likeness (QED) is 0.620. The molecular weight excluding hydrogens is 176 g/mol. The molecule has 0 aromatic carbocycles. The number of halogens is 1. The second-order valence-electron chi connectivity index (χ2n) is 3.36. The molecule has 1 saturated heterocycles. The second kappa shape index (κ2) is 5.02.